The highest BCUT2D eigenvalue weighted by Gasteiger charge is 2.35. The number of aliphatic hydroxyl groups excluding tert-OH is 2. The number of nitrogens with one attached hydrogen (secondary N) is 2. The first-order chi connectivity index (χ1) is 12.9. The fraction of sp³-hybridized carbons (Fsp3) is 0.353. The van der Waals surface area contributed by atoms with Crippen molar-refractivity contribution in [3.63, 3.8) is 0 Å². The van der Waals surface area contributed by atoms with Gasteiger partial charge in [-0.1, -0.05) is 12.1 Å². The predicted molar refractivity (Wildman–Crippen MR) is 90.5 cm³/mol. The Balaban J connectivity index is 1.79. The lowest BCUT2D eigenvalue weighted by molar-refractivity contribution is -0.0459. The minimum atomic E-state index is -0.977. The Kier molecular flexibility index (Phi) is 5.49. The van der Waals surface area contributed by atoms with Crippen LogP contribution in [0.1, 0.15) is 28.6 Å². The summed E-state index contributed by atoms with van der Waals surface area (Å²) < 4.78 is 19.3. The smallest absolute Gasteiger partial charge is 0.330 e. The molecule has 2 aromatic rings. The van der Waals surface area contributed by atoms with E-state index in [0.29, 0.717) is 5.56 Å². The molecule has 0 aliphatic carbocycles. The van der Waals surface area contributed by atoms with Crippen LogP contribution >= 0.6 is 0 Å². The van der Waals surface area contributed by atoms with Crippen LogP contribution in [-0.4, -0.2) is 44.5 Å². The van der Waals surface area contributed by atoms with Gasteiger partial charge in [0.1, 0.15) is 23.7 Å². The number of rotatable bonds is 5. The van der Waals surface area contributed by atoms with Gasteiger partial charge in [0.25, 0.3) is 11.5 Å². The van der Waals surface area contributed by atoms with E-state index in [-0.39, 0.29) is 18.5 Å². The van der Waals surface area contributed by atoms with Crippen molar-refractivity contribution >= 4 is 5.91 Å². The highest BCUT2D eigenvalue weighted by atomic mass is 19.1. The molecule has 1 aliphatic heterocycles. The van der Waals surface area contributed by atoms with Gasteiger partial charge in [0.2, 0.25) is 0 Å². The molecule has 27 heavy (non-hydrogen) atoms. The largest absolute Gasteiger partial charge is 0.394 e. The topological polar surface area (TPSA) is 134 Å². The molecule has 1 aromatic carbocycles. The number of halogens is 1. The van der Waals surface area contributed by atoms with Crippen molar-refractivity contribution in [3.05, 3.63) is 68.2 Å². The lowest BCUT2D eigenvalue weighted by Gasteiger charge is -2.15. The summed E-state index contributed by atoms with van der Waals surface area (Å²) in [7, 11) is 0. The number of aliphatic hydroxyl groups is 2. The summed E-state index contributed by atoms with van der Waals surface area (Å²) >= 11 is 0. The molecule has 3 atom stereocenters. The third-order valence-electron chi connectivity index (χ3n) is 4.27. The van der Waals surface area contributed by atoms with Crippen LogP contribution in [-0.2, 0) is 11.3 Å². The van der Waals surface area contributed by atoms with E-state index in [9.17, 15) is 23.9 Å². The van der Waals surface area contributed by atoms with Crippen LogP contribution in [0.4, 0.5) is 4.39 Å². The molecular formula is C17H18FN3O6. The summed E-state index contributed by atoms with van der Waals surface area (Å²) in [6.45, 7) is -0.371. The Bertz CT molecular complexity index is 939. The van der Waals surface area contributed by atoms with Crippen molar-refractivity contribution in [1.82, 2.24) is 14.9 Å². The van der Waals surface area contributed by atoms with E-state index in [1.807, 2.05) is 4.98 Å². The van der Waals surface area contributed by atoms with Gasteiger partial charge in [-0.15, -0.1) is 0 Å². The molecule has 1 aromatic heterocycles. The minimum Gasteiger partial charge on any atom is -0.394 e. The van der Waals surface area contributed by atoms with Crippen LogP contribution in [0.25, 0.3) is 0 Å². The zero-order valence-corrected chi connectivity index (χ0v) is 14.1. The van der Waals surface area contributed by atoms with E-state index in [1.165, 1.54) is 24.3 Å². The van der Waals surface area contributed by atoms with Crippen LogP contribution in [0.5, 0.6) is 0 Å². The molecular weight excluding hydrogens is 361 g/mol. The van der Waals surface area contributed by atoms with Gasteiger partial charge in [0.15, 0.2) is 0 Å². The van der Waals surface area contributed by atoms with Gasteiger partial charge in [0, 0.05) is 19.2 Å². The second-order valence-corrected chi connectivity index (χ2v) is 6.13. The molecule has 1 aliphatic rings. The van der Waals surface area contributed by atoms with Crippen molar-refractivity contribution in [2.45, 2.75) is 31.4 Å². The Hall–Kier alpha value is -2.82. The summed E-state index contributed by atoms with van der Waals surface area (Å²) in [5, 5.41) is 21.4. The maximum atomic E-state index is 12.9. The van der Waals surface area contributed by atoms with E-state index >= 15 is 0 Å². The maximum Gasteiger partial charge on any atom is 0.330 e. The number of carbonyl (C=O) groups is 1. The third kappa shape index (κ3) is 4.13. The van der Waals surface area contributed by atoms with Gasteiger partial charge in [-0.3, -0.25) is 19.1 Å². The van der Waals surface area contributed by atoms with Crippen LogP contribution < -0.4 is 16.6 Å². The van der Waals surface area contributed by atoms with Crippen LogP contribution in [0.2, 0.25) is 0 Å². The van der Waals surface area contributed by atoms with Crippen molar-refractivity contribution in [3.8, 4) is 0 Å². The van der Waals surface area contributed by atoms with E-state index in [2.05, 4.69) is 5.32 Å². The van der Waals surface area contributed by atoms with Gasteiger partial charge in [-0.25, -0.2) is 9.18 Å². The quantitative estimate of drug-likeness (QED) is 0.540. The lowest BCUT2D eigenvalue weighted by atomic mass is 10.2. The molecule has 4 N–H and O–H groups in total. The molecule has 0 saturated carbocycles. The van der Waals surface area contributed by atoms with E-state index in [4.69, 9.17) is 9.84 Å². The number of benzene rings is 1. The van der Waals surface area contributed by atoms with Gasteiger partial charge in [-0.05, 0) is 17.7 Å². The normalized spacial score (nSPS) is 22.0. The highest BCUT2D eigenvalue weighted by Crippen LogP contribution is 2.27. The Morgan fingerprint density at radius 1 is 1.33 bits per heavy atom. The SMILES string of the molecule is O=C(NCc1ccc(F)cc1)c1cn([C@@H]2CC(O)[C@H](CO)O2)c(=O)[nH]c1=O. The molecule has 3 rings (SSSR count). The number of amides is 1. The fourth-order valence-electron chi connectivity index (χ4n) is 2.79. The van der Waals surface area contributed by atoms with Gasteiger partial charge in [0.05, 0.1) is 12.7 Å². The zero-order valence-electron chi connectivity index (χ0n) is 14.1. The monoisotopic (exact) mass is 379 g/mol. The molecule has 0 bridgehead atoms. The molecule has 0 spiro atoms. The molecule has 144 valence electrons. The second-order valence-electron chi connectivity index (χ2n) is 6.13. The number of aromatic amines is 1. The number of ether oxygens (including phenoxy) is 1. The minimum absolute atomic E-state index is 0.0216. The molecule has 1 fully saturated rings. The van der Waals surface area contributed by atoms with E-state index in [1.54, 1.807) is 0 Å². The number of hydrogen-bond donors (Lipinski definition) is 4. The Morgan fingerprint density at radius 3 is 2.67 bits per heavy atom. The molecule has 0 radical (unpaired) electrons. The van der Waals surface area contributed by atoms with Crippen molar-refractivity contribution in [2.75, 3.05) is 6.61 Å². The number of H-pyrrole nitrogens is 1. The first-order valence-corrected chi connectivity index (χ1v) is 8.21. The Morgan fingerprint density at radius 2 is 2.04 bits per heavy atom. The summed E-state index contributed by atoms with van der Waals surface area (Å²) in [5.74, 6) is -1.14. The third-order valence-corrected chi connectivity index (χ3v) is 4.27. The van der Waals surface area contributed by atoms with Crippen molar-refractivity contribution in [1.29, 1.82) is 0 Å². The number of hydrogen-bond acceptors (Lipinski definition) is 6. The molecule has 1 unspecified atom stereocenters. The van der Waals surface area contributed by atoms with Crippen molar-refractivity contribution < 1.29 is 24.1 Å². The van der Waals surface area contributed by atoms with E-state index < -0.39 is 48.0 Å². The lowest BCUT2D eigenvalue weighted by Crippen LogP contribution is -2.38. The first kappa shape index (κ1) is 19.0. The average molecular weight is 379 g/mol. The molecule has 10 heteroatoms. The molecule has 1 saturated heterocycles. The highest BCUT2D eigenvalue weighted by molar-refractivity contribution is 5.93. The fourth-order valence-corrected chi connectivity index (χ4v) is 2.79. The summed E-state index contributed by atoms with van der Waals surface area (Å²) in [4.78, 5) is 38.4. The number of nitrogens with zero attached hydrogens (tertiary/aromatic N) is 1. The second kappa shape index (κ2) is 7.82. The average Bonchev–Trinajstić information content (AvgIpc) is 3.01. The van der Waals surface area contributed by atoms with Crippen molar-refractivity contribution in [2.24, 2.45) is 0 Å². The standard InChI is InChI=1S/C17H18FN3O6/c18-10-3-1-9(2-4-10)6-19-15(24)11-7-21(17(26)20-16(11)25)14-5-12(23)13(8-22)27-14/h1-4,7,12-14,22-23H,5-6,8H2,(H,19,24)(H,20,25,26)/t12?,13-,14-/m0/s1. The van der Waals surface area contributed by atoms with Crippen LogP contribution in [0.3, 0.4) is 0 Å². The maximum absolute atomic E-state index is 12.9. The summed E-state index contributed by atoms with van der Waals surface area (Å²) in [6, 6.07) is 5.47. The molecule has 2 heterocycles. The summed E-state index contributed by atoms with van der Waals surface area (Å²) in [6.07, 6.45) is -1.68. The molecule has 9 nitrogen and oxygen atoms in total. The van der Waals surface area contributed by atoms with E-state index in [0.717, 1.165) is 10.8 Å². The van der Waals surface area contributed by atoms with Crippen LogP contribution in [0, 0.1) is 5.82 Å². The Labute approximate surface area is 152 Å². The van der Waals surface area contributed by atoms with Gasteiger partial charge < -0.3 is 20.3 Å². The number of aromatic nitrogens is 2. The van der Waals surface area contributed by atoms with Gasteiger partial charge >= 0.3 is 5.69 Å². The van der Waals surface area contributed by atoms with Gasteiger partial charge in [-0.2, -0.15) is 0 Å². The first-order valence-electron chi connectivity index (χ1n) is 8.21. The van der Waals surface area contributed by atoms with Crippen LogP contribution in [0.15, 0.2) is 40.1 Å². The number of carbonyl (C=O) groups excluding carboxylic acids is 1. The summed E-state index contributed by atoms with van der Waals surface area (Å²) in [5.41, 5.74) is -1.36. The predicted octanol–water partition coefficient (Wildman–Crippen LogP) is -0.754. The zero-order chi connectivity index (χ0) is 19.6. The molecule has 1 amide bonds.